The molecule has 6 nitrogen and oxygen atoms in total. The largest absolute Gasteiger partial charge is 0.499 e. The van der Waals surface area contributed by atoms with Crippen molar-refractivity contribution in [3.63, 3.8) is 0 Å². The van der Waals surface area contributed by atoms with Gasteiger partial charge in [-0.1, -0.05) is 6.07 Å². The third kappa shape index (κ3) is 3.26. The third-order valence-electron chi connectivity index (χ3n) is 3.45. The molecular formula is C17H16N4O2. The maximum absolute atomic E-state index is 11.1. The topological polar surface area (TPSA) is 69.4 Å². The van der Waals surface area contributed by atoms with Gasteiger partial charge in [0.15, 0.2) is 6.29 Å². The van der Waals surface area contributed by atoms with Gasteiger partial charge >= 0.3 is 0 Å². The van der Waals surface area contributed by atoms with E-state index in [0.717, 1.165) is 29.1 Å². The number of ether oxygens (including phenoxy) is 1. The normalized spacial score (nSPS) is 19.0. The fourth-order valence-electron chi connectivity index (χ4n) is 2.28. The van der Waals surface area contributed by atoms with Crippen LogP contribution in [0.25, 0.3) is 17.1 Å². The van der Waals surface area contributed by atoms with Crippen molar-refractivity contribution in [3.05, 3.63) is 54.1 Å². The summed E-state index contributed by atoms with van der Waals surface area (Å²) in [6.45, 7) is 0.520. The zero-order valence-electron chi connectivity index (χ0n) is 12.7. The number of aldehydes is 1. The van der Waals surface area contributed by atoms with Gasteiger partial charge in [0.05, 0.1) is 25.0 Å². The Balaban J connectivity index is 2.10. The number of carbonyl (C=O) groups excluding carboxylic acids is 1. The summed E-state index contributed by atoms with van der Waals surface area (Å²) in [5, 5.41) is 4.36. The minimum atomic E-state index is 0.362. The van der Waals surface area contributed by atoms with Crippen molar-refractivity contribution in [2.24, 2.45) is 4.99 Å². The van der Waals surface area contributed by atoms with Crippen molar-refractivity contribution >= 4 is 18.2 Å². The molecular weight excluding hydrogens is 292 g/mol. The van der Waals surface area contributed by atoms with Crippen LogP contribution in [0.4, 0.5) is 0 Å². The second-order valence-corrected chi connectivity index (χ2v) is 4.92. The summed E-state index contributed by atoms with van der Waals surface area (Å²) in [5.74, 6) is 0.764. The molecule has 3 heterocycles. The quantitative estimate of drug-likeness (QED) is 0.814. The highest BCUT2D eigenvalue weighted by Crippen LogP contribution is 2.23. The van der Waals surface area contributed by atoms with Crippen molar-refractivity contribution in [3.8, 4) is 11.4 Å². The lowest BCUT2D eigenvalue weighted by Crippen LogP contribution is -2.05. The molecule has 0 saturated carbocycles. The Morgan fingerprint density at radius 1 is 1.30 bits per heavy atom. The van der Waals surface area contributed by atoms with Gasteiger partial charge in [-0.3, -0.25) is 14.8 Å². The monoisotopic (exact) mass is 308 g/mol. The van der Waals surface area contributed by atoms with Crippen molar-refractivity contribution in [1.29, 1.82) is 0 Å². The van der Waals surface area contributed by atoms with Crippen molar-refractivity contribution in [2.45, 2.75) is 6.42 Å². The number of methoxy groups -OCH3 is 1. The first-order chi connectivity index (χ1) is 11.3. The standard InChI is InChI=1S/C17H16N4O2/c1-23-15-6-5-14(7-9-18-11-15)21-17(10-13(12-22)20-21)16-4-2-3-8-19-16/h2-6,8-10,12H,7,11H2,1H3/b14-5+,15-6+,18-9?. The van der Waals surface area contributed by atoms with Crippen LogP contribution in [0, 0.1) is 0 Å². The summed E-state index contributed by atoms with van der Waals surface area (Å²) in [7, 11) is 1.62. The van der Waals surface area contributed by atoms with Gasteiger partial charge in [-0.15, -0.1) is 0 Å². The van der Waals surface area contributed by atoms with Crippen molar-refractivity contribution in [1.82, 2.24) is 14.8 Å². The van der Waals surface area contributed by atoms with Gasteiger partial charge in [-0.2, -0.15) is 5.10 Å². The predicted molar refractivity (Wildman–Crippen MR) is 88.2 cm³/mol. The first-order valence-corrected chi connectivity index (χ1v) is 7.21. The summed E-state index contributed by atoms with van der Waals surface area (Å²) in [4.78, 5) is 19.8. The van der Waals surface area contributed by atoms with Gasteiger partial charge in [-0.25, -0.2) is 4.68 Å². The van der Waals surface area contributed by atoms with Crippen LogP contribution in [0.3, 0.4) is 0 Å². The van der Waals surface area contributed by atoms with Crippen LogP contribution < -0.4 is 0 Å². The number of carbonyl (C=O) groups is 1. The summed E-state index contributed by atoms with van der Waals surface area (Å²) >= 11 is 0. The summed E-state index contributed by atoms with van der Waals surface area (Å²) < 4.78 is 6.99. The molecule has 0 radical (unpaired) electrons. The fraction of sp³-hybridized carbons (Fsp3) is 0.176. The number of nitrogens with zero attached hydrogens (tertiary/aromatic N) is 4. The molecule has 23 heavy (non-hydrogen) atoms. The van der Waals surface area contributed by atoms with Crippen LogP contribution in [-0.2, 0) is 4.74 Å². The van der Waals surface area contributed by atoms with Crippen LogP contribution in [-0.4, -0.2) is 40.9 Å². The molecule has 0 aromatic carbocycles. The number of aliphatic imine (C=N–C) groups is 1. The molecule has 0 saturated heterocycles. The number of hydrogen-bond donors (Lipinski definition) is 0. The SMILES string of the molecule is CO/C1=C/C=C(/n2nc(C=O)cc2-c2ccccn2)CC=NC1. The number of rotatable bonds is 4. The highest BCUT2D eigenvalue weighted by molar-refractivity contribution is 5.79. The summed E-state index contributed by atoms with van der Waals surface area (Å²) in [6.07, 6.45) is 8.67. The fourth-order valence-corrected chi connectivity index (χ4v) is 2.28. The van der Waals surface area contributed by atoms with Crippen LogP contribution >= 0.6 is 0 Å². The van der Waals surface area contributed by atoms with Crippen molar-refractivity contribution < 1.29 is 9.53 Å². The second kappa shape index (κ2) is 6.83. The van der Waals surface area contributed by atoms with E-state index in [-0.39, 0.29) is 0 Å². The van der Waals surface area contributed by atoms with Crippen LogP contribution in [0.5, 0.6) is 0 Å². The Morgan fingerprint density at radius 2 is 2.22 bits per heavy atom. The molecule has 0 bridgehead atoms. The highest BCUT2D eigenvalue weighted by Gasteiger charge is 2.14. The van der Waals surface area contributed by atoms with E-state index >= 15 is 0 Å². The molecule has 0 amide bonds. The van der Waals surface area contributed by atoms with Crippen LogP contribution in [0.15, 0.2) is 53.4 Å². The van der Waals surface area contributed by atoms with Gasteiger partial charge in [0.25, 0.3) is 0 Å². The molecule has 1 aliphatic rings. The molecule has 2 aromatic heterocycles. The van der Waals surface area contributed by atoms with E-state index in [9.17, 15) is 4.79 Å². The minimum absolute atomic E-state index is 0.362. The summed E-state index contributed by atoms with van der Waals surface area (Å²) in [5.41, 5.74) is 2.77. The van der Waals surface area contributed by atoms with Gasteiger partial charge in [-0.05, 0) is 30.4 Å². The Kier molecular flexibility index (Phi) is 4.42. The molecule has 0 fully saturated rings. The van der Waals surface area contributed by atoms with Crippen molar-refractivity contribution in [2.75, 3.05) is 13.7 Å². The number of pyridine rings is 1. The molecule has 0 aliphatic carbocycles. The van der Waals surface area contributed by atoms with Gasteiger partial charge in [0.1, 0.15) is 11.5 Å². The smallest absolute Gasteiger partial charge is 0.170 e. The summed E-state index contributed by atoms with van der Waals surface area (Å²) in [6, 6.07) is 7.36. The number of hydrogen-bond acceptors (Lipinski definition) is 5. The molecule has 0 N–H and O–H groups in total. The average Bonchev–Trinajstić information content (AvgIpc) is 3.00. The minimum Gasteiger partial charge on any atom is -0.499 e. The molecule has 0 spiro atoms. The van der Waals surface area contributed by atoms with Crippen LogP contribution in [0.1, 0.15) is 16.9 Å². The third-order valence-corrected chi connectivity index (χ3v) is 3.45. The lowest BCUT2D eigenvalue weighted by Gasteiger charge is -2.11. The zero-order chi connectivity index (χ0) is 16.1. The molecule has 116 valence electrons. The van der Waals surface area contributed by atoms with Gasteiger partial charge < -0.3 is 4.74 Å². The average molecular weight is 308 g/mol. The molecule has 0 unspecified atom stereocenters. The Labute approximate surface area is 133 Å². The first-order valence-electron chi connectivity index (χ1n) is 7.21. The van der Waals surface area contributed by atoms with E-state index in [1.54, 1.807) is 24.1 Å². The lowest BCUT2D eigenvalue weighted by atomic mass is 10.2. The van der Waals surface area contributed by atoms with Gasteiger partial charge in [0, 0.05) is 24.5 Å². The van der Waals surface area contributed by atoms with E-state index in [1.807, 2.05) is 36.6 Å². The highest BCUT2D eigenvalue weighted by atomic mass is 16.5. The van der Waals surface area contributed by atoms with E-state index in [1.165, 1.54) is 0 Å². The van der Waals surface area contributed by atoms with E-state index in [0.29, 0.717) is 18.7 Å². The molecule has 1 aliphatic heterocycles. The molecule has 6 heteroatoms. The second-order valence-electron chi connectivity index (χ2n) is 4.92. The van der Waals surface area contributed by atoms with Gasteiger partial charge in [0.2, 0.25) is 0 Å². The molecule has 2 aromatic rings. The predicted octanol–water partition coefficient (Wildman–Crippen LogP) is 2.60. The van der Waals surface area contributed by atoms with Crippen LogP contribution in [0.2, 0.25) is 0 Å². The Morgan fingerprint density at radius 3 is 2.96 bits per heavy atom. The first kappa shape index (κ1) is 14.9. The maximum atomic E-state index is 11.1. The number of aromatic nitrogens is 3. The Hall–Kier alpha value is -3.02. The number of allylic oxidation sites excluding steroid dienone is 3. The van der Waals surface area contributed by atoms with E-state index in [4.69, 9.17) is 4.74 Å². The Bertz CT molecular complexity index is 788. The molecule has 0 atom stereocenters. The van der Waals surface area contributed by atoms with E-state index in [2.05, 4.69) is 15.1 Å². The lowest BCUT2D eigenvalue weighted by molar-refractivity contribution is 0.111. The zero-order valence-corrected chi connectivity index (χ0v) is 12.7. The van der Waals surface area contributed by atoms with E-state index < -0.39 is 0 Å². The maximum Gasteiger partial charge on any atom is 0.170 e. The molecule has 3 rings (SSSR count).